The van der Waals surface area contributed by atoms with Gasteiger partial charge in [-0.3, -0.25) is 9.59 Å². The van der Waals surface area contributed by atoms with Crippen LogP contribution in [0.4, 0.5) is 34.1 Å². The first-order valence-electron chi connectivity index (χ1n) is 19.2. The fourth-order valence-corrected chi connectivity index (χ4v) is 7.67. The molecule has 57 heavy (non-hydrogen) atoms. The summed E-state index contributed by atoms with van der Waals surface area (Å²) in [5.41, 5.74) is 15.4. The van der Waals surface area contributed by atoms with Gasteiger partial charge in [0.25, 0.3) is 0 Å². The molecule has 1 aliphatic carbocycles. The number of hydrogen-bond donors (Lipinski definition) is 0. The van der Waals surface area contributed by atoms with E-state index in [1.807, 2.05) is 42.5 Å². The number of aryl methyl sites for hydroxylation is 3. The molecule has 0 saturated carbocycles. The van der Waals surface area contributed by atoms with Crippen LogP contribution >= 0.6 is 0 Å². The van der Waals surface area contributed by atoms with Crippen LogP contribution in [0, 0.1) is 20.8 Å². The summed E-state index contributed by atoms with van der Waals surface area (Å²) in [6, 6.07) is 63.8. The quantitative estimate of drug-likeness (QED) is 0.156. The first kappa shape index (κ1) is 35.4. The summed E-state index contributed by atoms with van der Waals surface area (Å²) in [5, 5.41) is 0. The third kappa shape index (κ3) is 6.83. The highest BCUT2D eigenvalue weighted by Gasteiger charge is 2.30. The van der Waals surface area contributed by atoms with E-state index in [1.54, 1.807) is 12.1 Å². The molecule has 0 aromatic heterocycles. The van der Waals surface area contributed by atoms with Crippen LogP contribution in [0.3, 0.4) is 0 Å². The van der Waals surface area contributed by atoms with Gasteiger partial charge in [-0.2, -0.15) is 0 Å². The van der Waals surface area contributed by atoms with Crippen LogP contribution in [0.25, 0.3) is 22.3 Å². The van der Waals surface area contributed by atoms with Gasteiger partial charge in [0.1, 0.15) is 0 Å². The lowest BCUT2D eigenvalue weighted by Crippen LogP contribution is -2.21. The molecule has 0 spiro atoms. The summed E-state index contributed by atoms with van der Waals surface area (Å²) in [4.78, 5) is 32.5. The average molecular weight is 737 g/mol. The summed E-state index contributed by atoms with van der Waals surface area (Å²) >= 11 is 0. The number of rotatable bonds is 8. The second kappa shape index (κ2) is 14.7. The zero-order chi connectivity index (χ0) is 39.0. The van der Waals surface area contributed by atoms with E-state index < -0.39 is 0 Å². The van der Waals surface area contributed by atoms with Gasteiger partial charge in [0.05, 0.1) is 0 Å². The highest BCUT2D eigenvalue weighted by atomic mass is 16.1. The zero-order valence-electron chi connectivity index (χ0n) is 32.1. The fourth-order valence-electron chi connectivity index (χ4n) is 7.67. The van der Waals surface area contributed by atoms with Crippen LogP contribution in [0.5, 0.6) is 0 Å². The lowest BCUT2D eigenvalue weighted by atomic mass is 9.81. The molecule has 0 amide bonds. The van der Waals surface area contributed by atoms with Crippen molar-refractivity contribution in [1.29, 1.82) is 0 Å². The standard InChI is InChI=1S/C53H40N2O2/c1-35-9-21-43(22-10-35)54(42-7-5-4-6-8-42)46-27-15-38(16-28-46)40-19-31-48-50(33-40)52(56)49-32-20-41(34-51(49)53(48)57)39-17-29-47(30-18-39)55(44-23-11-36(2)12-24-44)45-25-13-37(3)14-26-45/h4-34H,1-3H3. The Kier molecular flexibility index (Phi) is 9.16. The SMILES string of the molecule is Cc1ccc(N(c2ccccc2)c2ccc(-c3ccc4c(c3)C(=O)c3ccc(-c5ccc(N(c6ccc(C)cc6)c6ccc(C)cc6)cc5)cc3C4=O)cc2)cc1. The van der Waals surface area contributed by atoms with Crippen molar-refractivity contribution in [1.82, 2.24) is 0 Å². The van der Waals surface area contributed by atoms with Crippen molar-refractivity contribution < 1.29 is 9.59 Å². The van der Waals surface area contributed by atoms with Crippen LogP contribution in [0.2, 0.25) is 0 Å². The number of hydrogen-bond acceptors (Lipinski definition) is 4. The van der Waals surface area contributed by atoms with E-state index in [0.29, 0.717) is 22.3 Å². The Labute approximate surface area is 333 Å². The molecule has 1 aliphatic rings. The third-order valence-corrected chi connectivity index (χ3v) is 10.8. The monoisotopic (exact) mass is 736 g/mol. The van der Waals surface area contributed by atoms with Gasteiger partial charge in [0.2, 0.25) is 0 Å². The van der Waals surface area contributed by atoms with Crippen molar-refractivity contribution in [2.45, 2.75) is 20.8 Å². The Balaban J connectivity index is 0.986. The van der Waals surface area contributed by atoms with E-state index in [9.17, 15) is 9.59 Å². The van der Waals surface area contributed by atoms with E-state index in [4.69, 9.17) is 0 Å². The van der Waals surface area contributed by atoms with Crippen LogP contribution in [0.15, 0.2) is 188 Å². The molecule has 8 aromatic carbocycles. The summed E-state index contributed by atoms with van der Waals surface area (Å²) in [6.45, 7) is 6.27. The maximum atomic E-state index is 14.0. The van der Waals surface area contributed by atoms with E-state index in [2.05, 4.69) is 164 Å². The molecule has 0 unspecified atom stereocenters. The van der Waals surface area contributed by atoms with Gasteiger partial charge in [0, 0.05) is 56.4 Å². The second-order valence-electron chi connectivity index (χ2n) is 14.8. The summed E-state index contributed by atoms with van der Waals surface area (Å²) < 4.78 is 0. The molecule has 0 atom stereocenters. The normalized spacial score (nSPS) is 11.8. The van der Waals surface area contributed by atoms with E-state index in [1.165, 1.54) is 16.7 Å². The van der Waals surface area contributed by atoms with Gasteiger partial charge < -0.3 is 9.80 Å². The highest BCUT2D eigenvalue weighted by Crippen LogP contribution is 2.39. The highest BCUT2D eigenvalue weighted by molar-refractivity contribution is 6.29. The molecule has 274 valence electrons. The number of para-hydroxylation sites is 1. The van der Waals surface area contributed by atoms with Gasteiger partial charge in [0.15, 0.2) is 11.6 Å². The zero-order valence-corrected chi connectivity index (χ0v) is 32.1. The molecule has 0 radical (unpaired) electrons. The number of nitrogens with zero attached hydrogens (tertiary/aromatic N) is 2. The van der Waals surface area contributed by atoms with Crippen molar-refractivity contribution >= 4 is 45.7 Å². The lowest BCUT2D eigenvalue weighted by Gasteiger charge is -2.26. The van der Waals surface area contributed by atoms with Gasteiger partial charge in [-0.15, -0.1) is 0 Å². The second-order valence-corrected chi connectivity index (χ2v) is 14.8. The topological polar surface area (TPSA) is 40.6 Å². The van der Waals surface area contributed by atoms with Gasteiger partial charge in [-0.25, -0.2) is 0 Å². The summed E-state index contributed by atoms with van der Waals surface area (Å²) in [6.07, 6.45) is 0. The number of carbonyl (C=O) groups excluding carboxylic acids is 2. The maximum Gasteiger partial charge on any atom is 0.194 e. The van der Waals surface area contributed by atoms with E-state index in [0.717, 1.165) is 56.4 Å². The molecule has 0 fully saturated rings. The Hall–Kier alpha value is -7.30. The molecule has 4 heteroatoms. The van der Waals surface area contributed by atoms with Crippen molar-refractivity contribution in [3.63, 3.8) is 0 Å². The molecule has 0 aliphatic heterocycles. The van der Waals surface area contributed by atoms with Crippen molar-refractivity contribution in [2.24, 2.45) is 0 Å². The molecule has 0 N–H and O–H groups in total. The third-order valence-electron chi connectivity index (χ3n) is 10.8. The largest absolute Gasteiger partial charge is 0.311 e. The van der Waals surface area contributed by atoms with E-state index >= 15 is 0 Å². The van der Waals surface area contributed by atoms with Crippen molar-refractivity contribution in [3.05, 3.63) is 227 Å². The number of anilines is 6. The van der Waals surface area contributed by atoms with Gasteiger partial charge in [-0.05, 0) is 140 Å². The Morgan fingerprint density at radius 3 is 0.895 bits per heavy atom. The summed E-state index contributed by atoms with van der Waals surface area (Å²) in [7, 11) is 0. The lowest BCUT2D eigenvalue weighted by molar-refractivity contribution is 0.0979. The minimum Gasteiger partial charge on any atom is -0.311 e. The molecular formula is C53H40N2O2. The predicted octanol–water partition coefficient (Wildman–Crippen LogP) is 13.7. The van der Waals surface area contributed by atoms with E-state index in [-0.39, 0.29) is 11.6 Å². The molecule has 4 nitrogen and oxygen atoms in total. The van der Waals surface area contributed by atoms with Crippen molar-refractivity contribution in [2.75, 3.05) is 9.80 Å². The van der Waals surface area contributed by atoms with Crippen LogP contribution in [0.1, 0.15) is 48.5 Å². The first-order valence-corrected chi connectivity index (χ1v) is 19.2. The summed E-state index contributed by atoms with van der Waals surface area (Å²) in [5.74, 6) is -0.275. The van der Waals surface area contributed by atoms with Crippen LogP contribution in [-0.4, -0.2) is 11.6 Å². The number of fused-ring (bicyclic) bond motifs is 2. The van der Waals surface area contributed by atoms with Gasteiger partial charge >= 0.3 is 0 Å². The number of carbonyl (C=O) groups is 2. The maximum absolute atomic E-state index is 14.0. The molecule has 0 saturated heterocycles. The van der Waals surface area contributed by atoms with Gasteiger partial charge in [-0.1, -0.05) is 108 Å². The van der Waals surface area contributed by atoms with Crippen LogP contribution < -0.4 is 9.80 Å². The molecule has 8 aromatic rings. The van der Waals surface area contributed by atoms with Crippen LogP contribution in [-0.2, 0) is 0 Å². The van der Waals surface area contributed by atoms with Crippen molar-refractivity contribution in [3.8, 4) is 22.3 Å². The molecule has 0 heterocycles. The predicted molar refractivity (Wildman–Crippen MR) is 234 cm³/mol. The smallest absolute Gasteiger partial charge is 0.194 e. The Morgan fingerprint density at radius 1 is 0.281 bits per heavy atom. The number of ketones is 2. The first-order chi connectivity index (χ1) is 27.8. The number of benzene rings is 8. The average Bonchev–Trinajstić information content (AvgIpc) is 3.25. The fraction of sp³-hybridized carbons (Fsp3) is 0.0566. The molecular weight excluding hydrogens is 697 g/mol. The minimum absolute atomic E-state index is 0.138. The Bertz CT molecular complexity index is 2710. The minimum atomic E-state index is -0.138. The molecule has 9 rings (SSSR count). The molecule has 0 bridgehead atoms. The Morgan fingerprint density at radius 2 is 0.561 bits per heavy atom.